The average Bonchev–Trinajstić information content (AvgIpc) is 3.73. The van der Waals surface area contributed by atoms with E-state index in [1.54, 1.807) is 56.1 Å². The van der Waals surface area contributed by atoms with Crippen molar-refractivity contribution in [2.75, 3.05) is 45.0 Å². The Hall–Kier alpha value is -5.59. The van der Waals surface area contributed by atoms with E-state index in [-0.39, 0.29) is 24.6 Å². The summed E-state index contributed by atoms with van der Waals surface area (Å²) in [6.45, 7) is 8.72. The van der Waals surface area contributed by atoms with Crippen molar-refractivity contribution in [3.8, 4) is 22.8 Å². The lowest BCUT2D eigenvalue weighted by molar-refractivity contribution is -0.171. The zero-order valence-electron chi connectivity index (χ0n) is 33.7. The third kappa shape index (κ3) is 11.3. The summed E-state index contributed by atoms with van der Waals surface area (Å²) in [5.74, 6) is -1.06. The van der Waals surface area contributed by atoms with Gasteiger partial charge in [-0.1, -0.05) is 63.4 Å². The summed E-state index contributed by atoms with van der Waals surface area (Å²) in [7, 11) is -1.41. The van der Waals surface area contributed by atoms with Crippen molar-refractivity contribution in [2.24, 2.45) is 5.92 Å². The highest BCUT2D eigenvalue weighted by molar-refractivity contribution is 7.66. The topological polar surface area (TPSA) is 166 Å². The number of hydrogen-bond donors (Lipinski definition) is 2. The number of rotatable bonds is 21. The Morgan fingerprint density at radius 2 is 1.78 bits per heavy atom. The molecule has 2 N–H and O–H groups in total. The zero-order chi connectivity index (χ0) is 41.7. The Morgan fingerprint density at radius 1 is 0.983 bits per heavy atom. The Kier molecular flexibility index (Phi) is 15.5. The summed E-state index contributed by atoms with van der Waals surface area (Å²) in [6.07, 6.45) is 3.61. The highest BCUT2D eigenvalue weighted by atomic mass is 31.2. The van der Waals surface area contributed by atoms with Crippen molar-refractivity contribution in [3.63, 3.8) is 0 Å². The van der Waals surface area contributed by atoms with Gasteiger partial charge in [0.15, 0.2) is 5.76 Å². The van der Waals surface area contributed by atoms with Crippen LogP contribution in [0.5, 0.6) is 11.5 Å². The molecule has 1 aromatic heterocycles. The van der Waals surface area contributed by atoms with Gasteiger partial charge in [0.2, 0.25) is 19.7 Å². The molecule has 0 radical (unpaired) electrons. The summed E-state index contributed by atoms with van der Waals surface area (Å²) < 4.78 is 37.0. The first-order chi connectivity index (χ1) is 28.0. The van der Waals surface area contributed by atoms with E-state index in [4.69, 9.17) is 23.3 Å². The highest BCUT2D eigenvalue weighted by Gasteiger charge is 2.34. The SMILES string of the molecule is CCCCC[C@@H](C(=O)NCNC(=O)c1ccc(-c2cc(OCC)cc(P(C)(=O)OCc3ccccc3)c2)o1)[C@@H](CC)N(C=O)OC(=O)c1ccc2c(c1)N(C)CCO2. The van der Waals surface area contributed by atoms with Crippen molar-refractivity contribution in [3.05, 3.63) is 95.7 Å². The first kappa shape index (κ1) is 43.5. The van der Waals surface area contributed by atoms with Crippen LogP contribution < -0.4 is 30.3 Å². The molecule has 1 aliphatic rings. The van der Waals surface area contributed by atoms with E-state index in [1.807, 2.05) is 56.1 Å². The minimum atomic E-state index is -3.30. The smallest absolute Gasteiger partial charge is 0.363 e. The molecule has 58 heavy (non-hydrogen) atoms. The number of unbranched alkanes of at least 4 members (excludes halogenated alkanes) is 2. The van der Waals surface area contributed by atoms with Crippen LogP contribution in [0.1, 0.15) is 79.4 Å². The maximum atomic E-state index is 13.8. The maximum Gasteiger partial charge on any atom is 0.363 e. The summed E-state index contributed by atoms with van der Waals surface area (Å²) in [5.41, 5.74) is 2.38. The van der Waals surface area contributed by atoms with Gasteiger partial charge >= 0.3 is 5.97 Å². The molecule has 2 heterocycles. The number of carbonyl (C=O) groups is 4. The van der Waals surface area contributed by atoms with Gasteiger partial charge in [0.05, 0.1) is 49.6 Å². The number of furan rings is 1. The highest BCUT2D eigenvalue weighted by Crippen LogP contribution is 2.44. The fourth-order valence-electron chi connectivity index (χ4n) is 6.65. The molecule has 0 bridgehead atoms. The second-order valence-corrected chi connectivity index (χ2v) is 16.5. The largest absolute Gasteiger partial charge is 0.494 e. The standard InChI is InChI=1S/C43H53N4O10P/c1-6-9-11-16-35(36(7-2)47(29-48)57-43(51)31-17-18-39-37(25-31)46(4)21-22-54-39)41(49)44-28-45-42(50)40-20-19-38(56-40)32-23-33(53-8-3)26-34(24-32)58(5,52)55-27-30-14-12-10-13-15-30/h10,12-15,17-20,23-26,29,35-36H,6-9,11,16,21-22,27-28H2,1-5H3,(H,44,49)(H,45,50)/t35-,36-,58?/m1/s1. The Bertz CT molecular complexity index is 2070. The van der Waals surface area contributed by atoms with Crippen LogP contribution in [0.2, 0.25) is 0 Å². The number of fused-ring (bicyclic) bond motifs is 1. The van der Waals surface area contributed by atoms with E-state index < -0.39 is 37.1 Å². The zero-order valence-corrected chi connectivity index (χ0v) is 34.6. The van der Waals surface area contributed by atoms with Crippen LogP contribution in [0.25, 0.3) is 11.3 Å². The lowest BCUT2D eigenvalue weighted by Gasteiger charge is -2.32. The van der Waals surface area contributed by atoms with Crippen molar-refractivity contribution < 1.29 is 47.0 Å². The number of hydrogen-bond acceptors (Lipinski definition) is 11. The predicted octanol–water partition coefficient (Wildman–Crippen LogP) is 6.93. The maximum absolute atomic E-state index is 13.8. The average molecular weight is 817 g/mol. The van der Waals surface area contributed by atoms with Gasteiger partial charge in [-0.15, -0.1) is 0 Å². The summed E-state index contributed by atoms with van der Waals surface area (Å²) in [6, 6.07) is 21.8. The van der Waals surface area contributed by atoms with Crippen LogP contribution in [0.15, 0.2) is 83.3 Å². The molecule has 1 aliphatic heterocycles. The molecule has 310 valence electrons. The third-order valence-corrected chi connectivity index (χ3v) is 11.7. The Balaban J connectivity index is 1.23. The number of hydroxylamine groups is 2. The molecule has 1 unspecified atom stereocenters. The molecule has 14 nitrogen and oxygen atoms in total. The molecule has 5 rings (SSSR count). The fraction of sp³-hybridized carbons (Fsp3) is 0.395. The molecule has 3 amide bonds. The van der Waals surface area contributed by atoms with Crippen molar-refractivity contribution in [2.45, 2.75) is 65.5 Å². The lowest BCUT2D eigenvalue weighted by Crippen LogP contribution is -2.49. The molecular formula is C43H53N4O10P. The monoisotopic (exact) mass is 816 g/mol. The summed E-state index contributed by atoms with van der Waals surface area (Å²) in [4.78, 5) is 60.1. The van der Waals surface area contributed by atoms with Gasteiger partial charge < -0.3 is 38.8 Å². The number of nitrogens with zero attached hydrogens (tertiary/aromatic N) is 2. The van der Waals surface area contributed by atoms with Crippen molar-refractivity contribution >= 4 is 42.6 Å². The van der Waals surface area contributed by atoms with E-state index in [0.717, 1.165) is 29.2 Å². The van der Waals surface area contributed by atoms with Gasteiger partial charge in [-0.3, -0.25) is 18.9 Å². The molecular weight excluding hydrogens is 763 g/mol. The van der Waals surface area contributed by atoms with Crippen LogP contribution in [0, 0.1) is 5.92 Å². The number of amides is 3. The Labute approximate surface area is 339 Å². The Morgan fingerprint density at radius 3 is 2.50 bits per heavy atom. The first-order valence-electron chi connectivity index (χ1n) is 19.6. The molecule has 3 aromatic carbocycles. The number of nitrogens with one attached hydrogen (secondary N) is 2. The van der Waals surface area contributed by atoms with E-state index in [2.05, 4.69) is 10.6 Å². The number of likely N-dealkylation sites (N-methyl/N-ethyl adjacent to an activating group) is 1. The van der Waals surface area contributed by atoms with Crippen LogP contribution in [0.4, 0.5) is 5.69 Å². The van der Waals surface area contributed by atoms with Crippen LogP contribution in [-0.4, -0.2) is 75.4 Å². The lowest BCUT2D eigenvalue weighted by atomic mass is 9.90. The minimum absolute atomic E-state index is 0.0162. The first-order valence-corrected chi connectivity index (χ1v) is 21.7. The van der Waals surface area contributed by atoms with Gasteiger partial charge in [0, 0.05) is 24.6 Å². The van der Waals surface area contributed by atoms with Crippen LogP contribution in [-0.2, 0) is 30.1 Å². The number of ether oxygens (including phenoxy) is 2. The van der Waals surface area contributed by atoms with E-state index in [0.29, 0.717) is 73.6 Å². The van der Waals surface area contributed by atoms with Gasteiger partial charge in [-0.05, 0) is 73.9 Å². The molecule has 0 aliphatic carbocycles. The molecule has 0 saturated heterocycles. The normalized spacial score (nSPS) is 14.2. The van der Waals surface area contributed by atoms with Gasteiger partial charge in [-0.2, -0.15) is 5.06 Å². The number of anilines is 1. The van der Waals surface area contributed by atoms with Gasteiger partial charge in [-0.25, -0.2) is 4.79 Å². The third-order valence-electron chi connectivity index (χ3n) is 9.86. The molecule has 0 saturated carbocycles. The number of carbonyl (C=O) groups excluding carboxylic acids is 4. The molecule has 4 aromatic rings. The van der Waals surface area contributed by atoms with Crippen molar-refractivity contribution in [1.82, 2.24) is 15.7 Å². The number of benzene rings is 3. The molecule has 15 heteroatoms. The second kappa shape index (κ2) is 20.7. The molecule has 0 spiro atoms. The van der Waals surface area contributed by atoms with Crippen LogP contribution >= 0.6 is 7.37 Å². The summed E-state index contributed by atoms with van der Waals surface area (Å²) >= 11 is 0. The van der Waals surface area contributed by atoms with E-state index in [1.165, 1.54) is 6.07 Å². The predicted molar refractivity (Wildman–Crippen MR) is 220 cm³/mol. The molecule has 3 atom stereocenters. The quantitative estimate of drug-likeness (QED) is 0.0294. The molecule has 0 fully saturated rings. The van der Waals surface area contributed by atoms with E-state index >= 15 is 0 Å². The van der Waals surface area contributed by atoms with Gasteiger partial charge in [0.1, 0.15) is 23.9 Å². The second-order valence-electron chi connectivity index (χ2n) is 14.0. The van der Waals surface area contributed by atoms with Crippen LogP contribution in [0.3, 0.4) is 0 Å². The summed E-state index contributed by atoms with van der Waals surface area (Å²) in [5, 5.41) is 6.77. The van der Waals surface area contributed by atoms with Crippen molar-refractivity contribution in [1.29, 1.82) is 0 Å². The van der Waals surface area contributed by atoms with Gasteiger partial charge in [0.25, 0.3) is 5.91 Å². The minimum Gasteiger partial charge on any atom is -0.494 e. The van der Waals surface area contributed by atoms with E-state index in [9.17, 15) is 23.7 Å². The fourth-order valence-corrected chi connectivity index (χ4v) is 7.93.